The zero-order valence-electron chi connectivity index (χ0n) is 10.7. The number of carbonyl (C=O) groups is 1. The quantitative estimate of drug-likeness (QED) is 0.896. The second-order valence-electron chi connectivity index (χ2n) is 4.94. The summed E-state index contributed by atoms with van der Waals surface area (Å²) in [5.74, 6) is 0.172. The van der Waals surface area contributed by atoms with Crippen LogP contribution in [0.3, 0.4) is 0 Å². The number of benzene rings is 2. The van der Waals surface area contributed by atoms with Crippen molar-refractivity contribution in [2.45, 2.75) is 18.9 Å². The lowest BCUT2D eigenvalue weighted by Crippen LogP contribution is -2.28. The van der Waals surface area contributed by atoms with Gasteiger partial charge < -0.3 is 5.32 Å². The highest BCUT2D eigenvalue weighted by atomic mass is 79.9. The van der Waals surface area contributed by atoms with Crippen LogP contribution in [0.15, 0.2) is 46.9 Å². The van der Waals surface area contributed by atoms with E-state index in [1.54, 1.807) is 0 Å². The summed E-state index contributed by atoms with van der Waals surface area (Å²) in [7, 11) is 0. The minimum absolute atomic E-state index is 0.146. The summed E-state index contributed by atoms with van der Waals surface area (Å²) < 4.78 is 0.921. The molecule has 0 fully saturated rings. The Bertz CT molecular complexity index is 646. The van der Waals surface area contributed by atoms with Gasteiger partial charge in [0.1, 0.15) is 0 Å². The Balaban J connectivity index is 1.72. The highest BCUT2D eigenvalue weighted by Crippen LogP contribution is 2.27. The molecule has 2 aromatic rings. The molecular formula is C16H13BrClNO. The molecule has 0 bridgehead atoms. The van der Waals surface area contributed by atoms with Crippen LogP contribution in [0, 0.1) is 0 Å². The number of para-hydroxylation sites is 1. The molecule has 102 valence electrons. The van der Waals surface area contributed by atoms with E-state index in [4.69, 9.17) is 11.6 Å². The molecule has 3 rings (SSSR count). The predicted molar refractivity (Wildman–Crippen MR) is 85.4 cm³/mol. The zero-order valence-corrected chi connectivity index (χ0v) is 13.0. The van der Waals surface area contributed by atoms with E-state index >= 15 is 0 Å². The summed E-state index contributed by atoms with van der Waals surface area (Å²) in [4.78, 5) is 12.4. The topological polar surface area (TPSA) is 29.1 Å². The number of anilines is 1. The average Bonchev–Trinajstić information content (AvgIpc) is 2.86. The minimum Gasteiger partial charge on any atom is -0.375 e. The third-order valence-corrected chi connectivity index (χ3v) is 4.38. The maximum absolute atomic E-state index is 12.4. The van der Waals surface area contributed by atoms with Crippen molar-refractivity contribution in [2.24, 2.45) is 0 Å². The van der Waals surface area contributed by atoms with Gasteiger partial charge in [0.15, 0.2) is 5.78 Å². The van der Waals surface area contributed by atoms with Gasteiger partial charge in [-0.15, -0.1) is 0 Å². The van der Waals surface area contributed by atoms with Crippen LogP contribution in [0.25, 0.3) is 0 Å². The molecule has 1 aliphatic rings. The van der Waals surface area contributed by atoms with Crippen molar-refractivity contribution in [3.63, 3.8) is 0 Å². The summed E-state index contributed by atoms with van der Waals surface area (Å²) in [6.07, 6.45) is 1.11. The van der Waals surface area contributed by atoms with Crippen molar-refractivity contribution in [1.82, 2.24) is 0 Å². The lowest BCUT2D eigenvalue weighted by atomic mass is 10.0. The standard InChI is InChI=1S/C16H13BrClNO/c17-12-6-5-10(13(18)9-12)8-16(20)15-7-11-3-1-2-4-14(11)19-15/h1-6,9,15,19H,7-8H2. The second kappa shape index (κ2) is 5.58. The molecule has 0 radical (unpaired) electrons. The fourth-order valence-corrected chi connectivity index (χ4v) is 3.21. The molecule has 2 aromatic carbocycles. The average molecular weight is 351 g/mol. The van der Waals surface area contributed by atoms with Gasteiger partial charge in [0.2, 0.25) is 0 Å². The lowest BCUT2D eigenvalue weighted by Gasteiger charge is -2.11. The number of ketones is 1. The molecule has 1 unspecified atom stereocenters. The summed E-state index contributed by atoms with van der Waals surface area (Å²) >= 11 is 9.53. The van der Waals surface area contributed by atoms with Crippen LogP contribution < -0.4 is 5.32 Å². The maximum Gasteiger partial charge on any atom is 0.159 e. The monoisotopic (exact) mass is 349 g/mol. The number of halogens is 2. The van der Waals surface area contributed by atoms with Gasteiger partial charge in [0.05, 0.1) is 6.04 Å². The van der Waals surface area contributed by atoms with Crippen molar-refractivity contribution in [3.05, 3.63) is 63.1 Å². The first-order chi connectivity index (χ1) is 9.63. The highest BCUT2D eigenvalue weighted by molar-refractivity contribution is 9.10. The van der Waals surface area contributed by atoms with E-state index in [1.807, 2.05) is 36.4 Å². The van der Waals surface area contributed by atoms with Crippen LogP contribution in [0.1, 0.15) is 11.1 Å². The lowest BCUT2D eigenvalue weighted by molar-refractivity contribution is -0.119. The van der Waals surface area contributed by atoms with E-state index in [0.29, 0.717) is 11.4 Å². The van der Waals surface area contributed by atoms with Gasteiger partial charge in [0, 0.05) is 28.0 Å². The molecule has 0 saturated carbocycles. The van der Waals surface area contributed by atoms with Crippen molar-refractivity contribution < 1.29 is 4.79 Å². The molecule has 1 atom stereocenters. The SMILES string of the molecule is O=C(Cc1ccc(Br)cc1Cl)C1Cc2ccccc2N1. The molecule has 1 heterocycles. The van der Waals surface area contributed by atoms with E-state index in [1.165, 1.54) is 5.56 Å². The maximum atomic E-state index is 12.4. The number of rotatable bonds is 3. The van der Waals surface area contributed by atoms with Crippen molar-refractivity contribution in [2.75, 3.05) is 5.32 Å². The Morgan fingerprint density at radius 3 is 2.85 bits per heavy atom. The van der Waals surface area contributed by atoms with Crippen LogP contribution >= 0.6 is 27.5 Å². The molecule has 0 amide bonds. The molecule has 0 aliphatic carbocycles. The molecule has 4 heteroatoms. The van der Waals surface area contributed by atoms with Crippen LogP contribution in [0.5, 0.6) is 0 Å². The number of hydrogen-bond acceptors (Lipinski definition) is 2. The Hall–Kier alpha value is -1.32. The van der Waals surface area contributed by atoms with Gasteiger partial charge in [-0.25, -0.2) is 0 Å². The second-order valence-corrected chi connectivity index (χ2v) is 6.26. The first kappa shape index (κ1) is 13.7. The van der Waals surface area contributed by atoms with Crippen molar-refractivity contribution >= 4 is 39.0 Å². The van der Waals surface area contributed by atoms with E-state index in [9.17, 15) is 4.79 Å². The summed E-state index contributed by atoms with van der Waals surface area (Å²) in [5, 5.41) is 3.91. The Morgan fingerprint density at radius 1 is 1.30 bits per heavy atom. The normalized spacial score (nSPS) is 16.6. The molecule has 0 aromatic heterocycles. The fraction of sp³-hybridized carbons (Fsp3) is 0.188. The van der Waals surface area contributed by atoms with Crippen LogP contribution in [0.4, 0.5) is 5.69 Å². The predicted octanol–water partition coefficient (Wildman–Crippen LogP) is 4.25. The van der Waals surface area contributed by atoms with Gasteiger partial charge in [0.25, 0.3) is 0 Å². The third-order valence-electron chi connectivity index (χ3n) is 3.54. The smallest absolute Gasteiger partial charge is 0.159 e. The van der Waals surface area contributed by atoms with E-state index in [0.717, 1.165) is 22.1 Å². The number of fused-ring (bicyclic) bond motifs is 1. The van der Waals surface area contributed by atoms with Crippen molar-refractivity contribution in [1.29, 1.82) is 0 Å². The molecule has 0 spiro atoms. The van der Waals surface area contributed by atoms with Gasteiger partial charge in [-0.05, 0) is 29.3 Å². The van der Waals surface area contributed by atoms with Crippen LogP contribution in [-0.2, 0) is 17.6 Å². The van der Waals surface area contributed by atoms with Gasteiger partial charge >= 0.3 is 0 Å². The Morgan fingerprint density at radius 2 is 2.10 bits per heavy atom. The van der Waals surface area contributed by atoms with Gasteiger partial charge in [-0.1, -0.05) is 51.8 Å². The highest BCUT2D eigenvalue weighted by Gasteiger charge is 2.26. The molecule has 20 heavy (non-hydrogen) atoms. The molecule has 2 nitrogen and oxygen atoms in total. The molecule has 1 N–H and O–H groups in total. The summed E-state index contributed by atoms with van der Waals surface area (Å²) in [5.41, 5.74) is 3.14. The van der Waals surface area contributed by atoms with Gasteiger partial charge in [-0.3, -0.25) is 4.79 Å². The number of carbonyl (C=O) groups excluding carboxylic acids is 1. The van der Waals surface area contributed by atoms with Crippen LogP contribution in [-0.4, -0.2) is 11.8 Å². The largest absolute Gasteiger partial charge is 0.375 e. The number of nitrogens with one attached hydrogen (secondary N) is 1. The number of Topliss-reactive ketones (excluding diaryl/α,β-unsaturated/α-hetero) is 1. The Kier molecular flexibility index (Phi) is 3.81. The van der Waals surface area contributed by atoms with E-state index in [-0.39, 0.29) is 11.8 Å². The minimum atomic E-state index is -0.146. The summed E-state index contributed by atoms with van der Waals surface area (Å²) in [6.45, 7) is 0. The first-order valence-electron chi connectivity index (χ1n) is 6.44. The van der Waals surface area contributed by atoms with Gasteiger partial charge in [-0.2, -0.15) is 0 Å². The van der Waals surface area contributed by atoms with E-state index in [2.05, 4.69) is 27.3 Å². The fourth-order valence-electron chi connectivity index (χ4n) is 2.47. The number of hydrogen-bond donors (Lipinski definition) is 1. The van der Waals surface area contributed by atoms with Crippen LogP contribution in [0.2, 0.25) is 5.02 Å². The third kappa shape index (κ3) is 2.74. The van der Waals surface area contributed by atoms with E-state index < -0.39 is 0 Å². The molecular weight excluding hydrogens is 338 g/mol. The molecule has 1 aliphatic heterocycles. The summed E-state index contributed by atoms with van der Waals surface area (Å²) in [6, 6.07) is 13.5. The Labute approximate surface area is 131 Å². The van der Waals surface area contributed by atoms with Crippen molar-refractivity contribution in [3.8, 4) is 0 Å². The zero-order chi connectivity index (χ0) is 14.1. The first-order valence-corrected chi connectivity index (χ1v) is 7.61. The molecule has 0 saturated heterocycles.